The van der Waals surface area contributed by atoms with Crippen molar-refractivity contribution in [2.75, 3.05) is 6.54 Å². The molecule has 1 aliphatic carbocycles. The molecule has 1 aromatic carbocycles. The van der Waals surface area contributed by atoms with Crippen molar-refractivity contribution in [1.29, 1.82) is 0 Å². The number of rotatable bonds is 4. The van der Waals surface area contributed by atoms with Crippen LogP contribution in [0.5, 0.6) is 0 Å². The zero-order valence-corrected chi connectivity index (χ0v) is 12.1. The van der Waals surface area contributed by atoms with Crippen molar-refractivity contribution in [2.24, 2.45) is 11.8 Å². The molecule has 1 N–H and O–H groups in total. The fourth-order valence-corrected chi connectivity index (χ4v) is 3.35. The SMILES string of the molecule is Cc1ccccc1CCNC1C(C)CCCC1C. The highest BCUT2D eigenvalue weighted by Gasteiger charge is 2.26. The largest absolute Gasteiger partial charge is 0.313 e. The molecule has 0 radical (unpaired) electrons. The van der Waals surface area contributed by atoms with Gasteiger partial charge in [-0.05, 0) is 55.7 Å². The molecule has 1 saturated carbocycles. The molecule has 0 aliphatic heterocycles. The Bertz CT molecular complexity index is 362. The van der Waals surface area contributed by atoms with Crippen LogP contribution >= 0.6 is 0 Å². The van der Waals surface area contributed by atoms with E-state index in [2.05, 4.69) is 50.4 Å². The van der Waals surface area contributed by atoms with E-state index >= 15 is 0 Å². The molecule has 1 heteroatoms. The standard InChI is InChI=1S/C17H27N/c1-13-7-4-5-10-16(13)11-12-18-17-14(2)8-6-9-15(17)3/h4-5,7,10,14-15,17-18H,6,8-9,11-12H2,1-3H3. The van der Waals surface area contributed by atoms with Gasteiger partial charge in [0.25, 0.3) is 0 Å². The lowest BCUT2D eigenvalue weighted by Gasteiger charge is -2.35. The Balaban J connectivity index is 1.83. The van der Waals surface area contributed by atoms with E-state index < -0.39 is 0 Å². The van der Waals surface area contributed by atoms with Crippen LogP contribution in [0.3, 0.4) is 0 Å². The molecule has 0 saturated heterocycles. The molecular weight excluding hydrogens is 218 g/mol. The first-order valence-electron chi connectivity index (χ1n) is 7.46. The molecule has 0 amide bonds. The number of aryl methyl sites for hydroxylation is 1. The normalized spacial score (nSPS) is 28.3. The molecule has 1 aromatic rings. The van der Waals surface area contributed by atoms with Crippen LogP contribution in [0.1, 0.15) is 44.2 Å². The van der Waals surface area contributed by atoms with Crippen LogP contribution in [0.15, 0.2) is 24.3 Å². The van der Waals surface area contributed by atoms with Crippen molar-refractivity contribution in [3.63, 3.8) is 0 Å². The Labute approximate surface area is 112 Å². The highest BCUT2D eigenvalue weighted by atomic mass is 14.9. The van der Waals surface area contributed by atoms with Crippen LogP contribution in [0, 0.1) is 18.8 Å². The molecule has 0 spiro atoms. The minimum atomic E-state index is 0.725. The summed E-state index contributed by atoms with van der Waals surface area (Å²) in [5.74, 6) is 1.68. The van der Waals surface area contributed by atoms with E-state index in [1.807, 2.05) is 0 Å². The van der Waals surface area contributed by atoms with Crippen LogP contribution in [0.25, 0.3) is 0 Å². The van der Waals surface area contributed by atoms with Crippen LogP contribution in [0.4, 0.5) is 0 Å². The lowest BCUT2D eigenvalue weighted by molar-refractivity contribution is 0.210. The van der Waals surface area contributed by atoms with E-state index in [0.717, 1.165) is 30.8 Å². The van der Waals surface area contributed by atoms with Crippen LogP contribution in [0.2, 0.25) is 0 Å². The third kappa shape index (κ3) is 3.35. The summed E-state index contributed by atoms with van der Waals surface area (Å²) in [6.07, 6.45) is 5.36. The Morgan fingerprint density at radius 2 is 1.78 bits per heavy atom. The highest BCUT2D eigenvalue weighted by molar-refractivity contribution is 5.25. The summed E-state index contributed by atoms with van der Waals surface area (Å²) in [7, 11) is 0. The third-order valence-corrected chi connectivity index (χ3v) is 4.58. The predicted octanol–water partition coefficient (Wildman–Crippen LogP) is 3.95. The molecule has 1 aliphatic rings. The summed E-state index contributed by atoms with van der Waals surface area (Å²) in [4.78, 5) is 0. The summed E-state index contributed by atoms with van der Waals surface area (Å²) in [6.45, 7) is 8.13. The van der Waals surface area contributed by atoms with E-state index in [9.17, 15) is 0 Å². The Morgan fingerprint density at radius 1 is 1.11 bits per heavy atom. The minimum Gasteiger partial charge on any atom is -0.313 e. The Morgan fingerprint density at radius 3 is 2.44 bits per heavy atom. The monoisotopic (exact) mass is 245 g/mol. The summed E-state index contributed by atoms with van der Waals surface area (Å²) >= 11 is 0. The molecule has 2 atom stereocenters. The summed E-state index contributed by atoms with van der Waals surface area (Å²) in [5.41, 5.74) is 2.91. The lowest BCUT2D eigenvalue weighted by Crippen LogP contribution is -2.43. The second kappa shape index (κ2) is 6.38. The van der Waals surface area contributed by atoms with Crippen LogP contribution in [-0.2, 0) is 6.42 Å². The van der Waals surface area contributed by atoms with Crippen molar-refractivity contribution >= 4 is 0 Å². The molecule has 2 rings (SSSR count). The number of benzene rings is 1. The number of nitrogens with one attached hydrogen (secondary N) is 1. The van der Waals surface area contributed by atoms with Crippen molar-refractivity contribution in [3.8, 4) is 0 Å². The van der Waals surface area contributed by atoms with Crippen molar-refractivity contribution in [3.05, 3.63) is 35.4 Å². The molecule has 2 unspecified atom stereocenters. The maximum Gasteiger partial charge on any atom is 0.0118 e. The van der Waals surface area contributed by atoms with E-state index in [1.54, 1.807) is 0 Å². The fraction of sp³-hybridized carbons (Fsp3) is 0.647. The van der Waals surface area contributed by atoms with Gasteiger partial charge in [0.15, 0.2) is 0 Å². The summed E-state index contributed by atoms with van der Waals surface area (Å²) < 4.78 is 0. The maximum atomic E-state index is 3.80. The Hall–Kier alpha value is -0.820. The predicted molar refractivity (Wildman–Crippen MR) is 78.9 cm³/mol. The van der Waals surface area contributed by atoms with Crippen LogP contribution in [-0.4, -0.2) is 12.6 Å². The van der Waals surface area contributed by atoms with E-state index in [4.69, 9.17) is 0 Å². The average molecular weight is 245 g/mol. The van der Waals surface area contributed by atoms with Gasteiger partial charge < -0.3 is 5.32 Å². The second-order valence-corrected chi connectivity index (χ2v) is 6.04. The van der Waals surface area contributed by atoms with Crippen molar-refractivity contribution in [2.45, 2.75) is 52.5 Å². The van der Waals surface area contributed by atoms with Gasteiger partial charge in [-0.1, -0.05) is 44.5 Å². The van der Waals surface area contributed by atoms with Gasteiger partial charge in [-0.2, -0.15) is 0 Å². The molecule has 0 bridgehead atoms. The number of hydrogen-bond donors (Lipinski definition) is 1. The topological polar surface area (TPSA) is 12.0 Å². The van der Waals surface area contributed by atoms with Gasteiger partial charge in [-0.15, -0.1) is 0 Å². The smallest absolute Gasteiger partial charge is 0.0118 e. The quantitative estimate of drug-likeness (QED) is 0.847. The first-order valence-corrected chi connectivity index (χ1v) is 7.46. The summed E-state index contributed by atoms with van der Waals surface area (Å²) in [5, 5.41) is 3.80. The van der Waals surface area contributed by atoms with E-state index in [0.29, 0.717) is 0 Å². The molecule has 18 heavy (non-hydrogen) atoms. The molecular formula is C17H27N. The van der Waals surface area contributed by atoms with Crippen LogP contribution < -0.4 is 5.32 Å². The first kappa shape index (κ1) is 13.6. The highest BCUT2D eigenvalue weighted by Crippen LogP contribution is 2.28. The van der Waals surface area contributed by atoms with Gasteiger partial charge in [0.05, 0.1) is 0 Å². The van der Waals surface area contributed by atoms with E-state index in [-0.39, 0.29) is 0 Å². The zero-order valence-electron chi connectivity index (χ0n) is 12.1. The molecule has 0 aromatic heterocycles. The first-order chi connectivity index (χ1) is 8.68. The van der Waals surface area contributed by atoms with Gasteiger partial charge in [0.2, 0.25) is 0 Å². The fourth-order valence-electron chi connectivity index (χ4n) is 3.35. The van der Waals surface area contributed by atoms with Crippen molar-refractivity contribution in [1.82, 2.24) is 5.32 Å². The minimum absolute atomic E-state index is 0.725. The van der Waals surface area contributed by atoms with Gasteiger partial charge in [0.1, 0.15) is 0 Å². The second-order valence-electron chi connectivity index (χ2n) is 6.04. The van der Waals surface area contributed by atoms with Crippen molar-refractivity contribution < 1.29 is 0 Å². The van der Waals surface area contributed by atoms with Gasteiger partial charge in [0, 0.05) is 6.04 Å². The molecule has 100 valence electrons. The zero-order chi connectivity index (χ0) is 13.0. The molecule has 1 nitrogen and oxygen atoms in total. The number of hydrogen-bond acceptors (Lipinski definition) is 1. The molecule has 1 fully saturated rings. The maximum absolute atomic E-state index is 3.80. The average Bonchev–Trinajstić information content (AvgIpc) is 2.35. The third-order valence-electron chi connectivity index (χ3n) is 4.58. The summed E-state index contributed by atoms with van der Waals surface area (Å²) in [6, 6.07) is 9.46. The van der Waals surface area contributed by atoms with Gasteiger partial charge >= 0.3 is 0 Å². The van der Waals surface area contributed by atoms with Gasteiger partial charge in [-0.25, -0.2) is 0 Å². The molecule has 0 heterocycles. The Kier molecular flexibility index (Phi) is 4.82. The van der Waals surface area contributed by atoms with Gasteiger partial charge in [-0.3, -0.25) is 0 Å². The van der Waals surface area contributed by atoms with E-state index in [1.165, 1.54) is 30.4 Å². The lowest BCUT2D eigenvalue weighted by atomic mass is 9.78.